The van der Waals surface area contributed by atoms with Gasteiger partial charge in [0.1, 0.15) is 42.5 Å². The third-order valence-electron chi connectivity index (χ3n) is 7.14. The molecule has 0 aliphatic carbocycles. The van der Waals surface area contributed by atoms with Gasteiger partial charge in [-0.3, -0.25) is 0 Å². The van der Waals surface area contributed by atoms with Gasteiger partial charge in [0, 0.05) is 24.2 Å². The number of aryl methyl sites for hydroxylation is 2. The lowest BCUT2D eigenvalue weighted by molar-refractivity contribution is -0.500. The van der Waals surface area contributed by atoms with E-state index in [0.29, 0.717) is 34.5 Å². The molecule has 2 aliphatic heterocycles. The van der Waals surface area contributed by atoms with Crippen molar-refractivity contribution in [2.75, 3.05) is 45.2 Å². The van der Waals surface area contributed by atoms with Crippen molar-refractivity contribution < 1.29 is 19.1 Å². The summed E-state index contributed by atoms with van der Waals surface area (Å²) in [5.41, 5.74) is 6.33. The van der Waals surface area contributed by atoms with Crippen molar-refractivity contribution in [1.29, 1.82) is 0 Å². The van der Waals surface area contributed by atoms with E-state index in [1.807, 2.05) is 38.6 Å². The molecule has 0 radical (unpaired) electrons. The highest BCUT2D eigenvalue weighted by molar-refractivity contribution is 6.33. The minimum absolute atomic E-state index is 0.147. The summed E-state index contributed by atoms with van der Waals surface area (Å²) in [6.07, 6.45) is -0.634. The van der Waals surface area contributed by atoms with E-state index >= 15 is 0 Å². The van der Waals surface area contributed by atoms with Crippen LogP contribution in [-0.2, 0) is 0 Å². The molecule has 2 aromatic heterocycles. The van der Waals surface area contributed by atoms with Crippen molar-refractivity contribution >= 4 is 28.8 Å². The summed E-state index contributed by atoms with van der Waals surface area (Å²) in [6.45, 7) is 10.00. The second-order valence-electron chi connectivity index (χ2n) is 9.90. The number of nitrogens with zero attached hydrogens (tertiary/aromatic N) is 6. The maximum absolute atomic E-state index is 10.1. The number of hydrogen-bond acceptors (Lipinski definition) is 9. The normalized spacial score (nSPS) is 17.7. The van der Waals surface area contributed by atoms with Crippen LogP contribution in [0.2, 0.25) is 5.02 Å². The highest BCUT2D eigenvalue weighted by Crippen LogP contribution is 2.38. The third-order valence-corrected chi connectivity index (χ3v) is 7.47. The molecule has 0 bridgehead atoms. The molecule has 1 saturated heterocycles. The topological polar surface area (TPSA) is 112 Å². The molecule has 10 nitrogen and oxygen atoms in total. The summed E-state index contributed by atoms with van der Waals surface area (Å²) in [5.74, 6) is 2.85. The quantitative estimate of drug-likeness (QED) is 0.420. The van der Waals surface area contributed by atoms with E-state index in [2.05, 4.69) is 27.4 Å². The SMILES string of the molecule is CNC[C@@H](O)COc1ccc(Cl)c(-c2nc(-c3c(C)noc3C)c(C)c(N3CC4=[N+](C)N=C(C)C4C3)n2)c1. The molecule has 0 amide bonds. The first kappa shape index (κ1) is 26.3. The van der Waals surface area contributed by atoms with Crippen LogP contribution in [-0.4, -0.2) is 82.8 Å². The van der Waals surface area contributed by atoms with Crippen LogP contribution in [0.1, 0.15) is 23.9 Å². The van der Waals surface area contributed by atoms with Crippen LogP contribution >= 0.6 is 11.6 Å². The minimum atomic E-state index is -0.634. The number of ether oxygens (including phenoxy) is 1. The summed E-state index contributed by atoms with van der Waals surface area (Å²) < 4.78 is 13.3. The van der Waals surface area contributed by atoms with Crippen LogP contribution in [0.4, 0.5) is 5.82 Å². The Morgan fingerprint density at radius 1 is 1.26 bits per heavy atom. The Hall–Kier alpha value is -3.34. The highest BCUT2D eigenvalue weighted by atomic mass is 35.5. The van der Waals surface area contributed by atoms with E-state index < -0.39 is 6.10 Å². The first-order chi connectivity index (χ1) is 18.2. The highest BCUT2D eigenvalue weighted by Gasteiger charge is 2.43. The van der Waals surface area contributed by atoms with Gasteiger partial charge in [-0.15, -0.1) is 0 Å². The molecule has 1 fully saturated rings. The second kappa shape index (κ2) is 10.4. The summed E-state index contributed by atoms with van der Waals surface area (Å²) in [4.78, 5) is 12.3. The Morgan fingerprint density at radius 3 is 2.74 bits per heavy atom. The summed E-state index contributed by atoms with van der Waals surface area (Å²) in [5, 5.41) is 22.3. The number of rotatable bonds is 8. The van der Waals surface area contributed by atoms with Gasteiger partial charge in [0.25, 0.3) is 0 Å². The van der Waals surface area contributed by atoms with Crippen LogP contribution in [0.5, 0.6) is 5.75 Å². The number of likely N-dealkylation sites (N-methyl/N-ethyl adjacent to an activating group) is 1. The largest absolute Gasteiger partial charge is 0.491 e. The Labute approximate surface area is 227 Å². The molecule has 1 aromatic carbocycles. The number of aliphatic hydroxyl groups excluding tert-OH is 1. The van der Waals surface area contributed by atoms with Crippen LogP contribution in [0.15, 0.2) is 27.8 Å². The van der Waals surface area contributed by atoms with Crippen molar-refractivity contribution in [2.45, 2.75) is 33.8 Å². The second-order valence-corrected chi connectivity index (χ2v) is 10.3. The molecule has 5 rings (SSSR count). The fourth-order valence-electron chi connectivity index (χ4n) is 5.18. The molecule has 0 spiro atoms. The Morgan fingerprint density at radius 2 is 2.05 bits per heavy atom. The number of nitrogens with one attached hydrogen (secondary N) is 1. The molecule has 0 saturated carbocycles. The lowest BCUT2D eigenvalue weighted by atomic mass is 10.0. The predicted molar refractivity (Wildman–Crippen MR) is 148 cm³/mol. The standard InChI is InChI=1S/C27H33ClN7O3/c1-14-25(24-16(3)33-38-17(24)4)30-26(20-9-19(7-8-22(20)28)37-13-18(36)10-29-5)31-27(14)35-11-21-15(2)32-34(6)23(21)12-35/h7-9,18,21,29,36H,10-13H2,1-6H3/q+1/t18-,21?/m1/s1. The number of benzene rings is 1. The Balaban J connectivity index is 1.60. The number of hydrazone groups is 1. The monoisotopic (exact) mass is 538 g/mol. The molecular formula is C27H33ClN7O3+. The van der Waals surface area contributed by atoms with Gasteiger partial charge in [-0.1, -0.05) is 21.4 Å². The lowest BCUT2D eigenvalue weighted by Gasteiger charge is -2.21. The number of halogens is 1. The maximum atomic E-state index is 10.1. The predicted octanol–water partition coefficient (Wildman–Crippen LogP) is 3.25. The first-order valence-electron chi connectivity index (χ1n) is 12.6. The molecule has 2 atom stereocenters. The van der Waals surface area contributed by atoms with Gasteiger partial charge in [-0.05, 0) is 58.0 Å². The van der Waals surface area contributed by atoms with E-state index in [-0.39, 0.29) is 12.5 Å². The van der Waals surface area contributed by atoms with Crippen molar-refractivity contribution in [1.82, 2.24) is 20.4 Å². The Kier molecular flexibility index (Phi) is 7.21. The zero-order valence-electron chi connectivity index (χ0n) is 22.5. The summed E-state index contributed by atoms with van der Waals surface area (Å²) >= 11 is 6.68. The fraction of sp³-hybridized carbons (Fsp3) is 0.444. The average molecular weight is 539 g/mol. The van der Waals surface area contributed by atoms with Crippen LogP contribution in [0.25, 0.3) is 22.6 Å². The van der Waals surface area contributed by atoms with Gasteiger partial charge >= 0.3 is 0 Å². The fourth-order valence-corrected chi connectivity index (χ4v) is 5.38. The van der Waals surface area contributed by atoms with Crippen LogP contribution in [0, 0.1) is 26.7 Å². The van der Waals surface area contributed by atoms with Crippen LogP contribution < -0.4 is 15.0 Å². The maximum Gasteiger partial charge on any atom is 0.214 e. The van der Waals surface area contributed by atoms with E-state index in [1.165, 1.54) is 5.71 Å². The van der Waals surface area contributed by atoms with E-state index in [1.54, 1.807) is 19.2 Å². The Bertz CT molecular complexity index is 1430. The average Bonchev–Trinajstić information content (AvgIpc) is 3.54. The lowest BCUT2D eigenvalue weighted by Crippen LogP contribution is -2.29. The number of anilines is 1. The first-order valence-corrected chi connectivity index (χ1v) is 13.0. The molecule has 1 unspecified atom stereocenters. The van der Waals surface area contributed by atoms with Gasteiger partial charge < -0.3 is 24.6 Å². The smallest absolute Gasteiger partial charge is 0.214 e. The zero-order valence-corrected chi connectivity index (χ0v) is 23.3. The van der Waals surface area contributed by atoms with E-state index in [9.17, 15) is 5.11 Å². The van der Waals surface area contributed by atoms with Crippen molar-refractivity contribution in [3.8, 4) is 28.4 Å². The molecule has 2 N–H and O–H groups in total. The van der Waals surface area contributed by atoms with Crippen LogP contribution in [0.3, 0.4) is 0 Å². The minimum Gasteiger partial charge on any atom is -0.491 e. The number of hydrogen-bond donors (Lipinski definition) is 2. The number of fused-ring (bicyclic) bond motifs is 1. The molecule has 4 heterocycles. The number of aliphatic hydroxyl groups is 1. The molecule has 11 heteroatoms. The van der Waals surface area contributed by atoms with Crippen molar-refractivity contribution in [2.24, 2.45) is 11.0 Å². The van der Waals surface area contributed by atoms with E-state index in [4.69, 9.17) is 30.8 Å². The van der Waals surface area contributed by atoms with Gasteiger partial charge in [0.2, 0.25) is 5.71 Å². The molecule has 2 aliphatic rings. The molecule has 38 heavy (non-hydrogen) atoms. The molecule has 3 aromatic rings. The zero-order chi connectivity index (χ0) is 27.1. The molecule has 200 valence electrons. The van der Waals surface area contributed by atoms with E-state index in [0.717, 1.165) is 47.1 Å². The van der Waals surface area contributed by atoms with Crippen molar-refractivity contribution in [3.63, 3.8) is 0 Å². The summed E-state index contributed by atoms with van der Waals surface area (Å²) in [6, 6.07) is 5.36. The number of aromatic nitrogens is 3. The summed E-state index contributed by atoms with van der Waals surface area (Å²) in [7, 11) is 3.78. The van der Waals surface area contributed by atoms with Crippen molar-refractivity contribution in [3.05, 3.63) is 40.2 Å². The molecular weight excluding hydrogens is 506 g/mol. The van der Waals surface area contributed by atoms with Gasteiger partial charge in [0.15, 0.2) is 12.9 Å². The van der Waals surface area contributed by atoms with Gasteiger partial charge in [0.05, 0.1) is 27.7 Å². The third kappa shape index (κ3) is 4.79. The van der Waals surface area contributed by atoms with Gasteiger partial charge in [-0.25, -0.2) is 9.97 Å². The van der Waals surface area contributed by atoms with Gasteiger partial charge in [-0.2, -0.15) is 0 Å².